The van der Waals surface area contributed by atoms with E-state index in [1.807, 2.05) is 5.41 Å². The highest BCUT2D eigenvalue weighted by Crippen LogP contribution is 2.45. The molecule has 0 spiro atoms. The zero-order valence-corrected chi connectivity index (χ0v) is 18.0. The maximum absolute atomic E-state index is 12.7. The molecule has 1 atom stereocenters. The Hall–Kier alpha value is -3.14. The number of aliphatic imine (C=N–C) groups is 1. The summed E-state index contributed by atoms with van der Waals surface area (Å²) in [6, 6.07) is 5.47. The molecule has 0 radical (unpaired) electrons. The van der Waals surface area contributed by atoms with Gasteiger partial charge < -0.3 is 15.0 Å². The van der Waals surface area contributed by atoms with E-state index in [0.717, 1.165) is 12.8 Å². The number of benzene rings is 1. The van der Waals surface area contributed by atoms with Crippen molar-refractivity contribution in [2.45, 2.75) is 32.2 Å². The maximum atomic E-state index is 12.7. The molecule has 1 saturated carbocycles. The first-order valence-corrected chi connectivity index (χ1v) is 10.8. The summed E-state index contributed by atoms with van der Waals surface area (Å²) in [5.41, 5.74) is 1.92. The van der Waals surface area contributed by atoms with Gasteiger partial charge in [0.15, 0.2) is 5.17 Å². The lowest BCUT2D eigenvalue weighted by Gasteiger charge is -2.36. The summed E-state index contributed by atoms with van der Waals surface area (Å²) >= 11 is 1.36. The van der Waals surface area contributed by atoms with Crippen LogP contribution in [-0.4, -0.2) is 40.5 Å². The van der Waals surface area contributed by atoms with E-state index in [4.69, 9.17) is 4.74 Å². The number of non-ortho nitro benzene ring substituents is 1. The molecule has 2 heterocycles. The van der Waals surface area contributed by atoms with E-state index in [0.29, 0.717) is 40.2 Å². The normalized spacial score (nSPS) is 20.1. The monoisotopic (exact) mass is 442 g/mol. The molecular weight excluding hydrogens is 420 g/mol. The smallest absolute Gasteiger partial charge is 0.338 e. The molecule has 1 aromatic rings. The van der Waals surface area contributed by atoms with Crippen LogP contribution in [0.15, 0.2) is 51.6 Å². The van der Waals surface area contributed by atoms with E-state index >= 15 is 0 Å². The highest BCUT2D eigenvalue weighted by molar-refractivity contribution is 8.16. The SMILES string of the molecule is COC(=O)C1=C(C)N=C2SC=C(CC(=O)NCC3CC3)N2C1c1cccc([N+](=O)[O-])c1. The first kappa shape index (κ1) is 21.1. The topological polar surface area (TPSA) is 114 Å². The minimum Gasteiger partial charge on any atom is -0.466 e. The number of rotatable bonds is 7. The number of esters is 1. The minimum absolute atomic E-state index is 0.0806. The number of nitrogens with zero attached hydrogens (tertiary/aromatic N) is 3. The van der Waals surface area contributed by atoms with Gasteiger partial charge in [0, 0.05) is 24.4 Å². The molecule has 0 aromatic heterocycles. The van der Waals surface area contributed by atoms with E-state index in [1.165, 1.54) is 31.0 Å². The number of hydrogen-bond donors (Lipinski definition) is 1. The van der Waals surface area contributed by atoms with Crippen molar-refractivity contribution in [2.75, 3.05) is 13.7 Å². The number of amides is 1. The Labute approximate surface area is 183 Å². The molecule has 31 heavy (non-hydrogen) atoms. The molecular formula is C21H22N4O5S. The Morgan fingerprint density at radius 3 is 2.84 bits per heavy atom. The van der Waals surface area contributed by atoms with Crippen LogP contribution in [0.25, 0.3) is 0 Å². The Morgan fingerprint density at radius 1 is 1.39 bits per heavy atom. The molecule has 162 valence electrons. The Morgan fingerprint density at radius 2 is 2.16 bits per heavy atom. The molecule has 0 bridgehead atoms. The zero-order chi connectivity index (χ0) is 22.1. The highest BCUT2D eigenvalue weighted by atomic mass is 32.2. The van der Waals surface area contributed by atoms with E-state index in [9.17, 15) is 19.7 Å². The van der Waals surface area contributed by atoms with Crippen LogP contribution < -0.4 is 5.32 Å². The summed E-state index contributed by atoms with van der Waals surface area (Å²) in [4.78, 5) is 42.4. The highest BCUT2D eigenvalue weighted by Gasteiger charge is 2.41. The van der Waals surface area contributed by atoms with Crippen LogP contribution in [0.3, 0.4) is 0 Å². The fraction of sp³-hybridized carbons (Fsp3) is 0.381. The van der Waals surface area contributed by atoms with Gasteiger partial charge in [-0.05, 0) is 36.7 Å². The zero-order valence-electron chi connectivity index (χ0n) is 17.2. The summed E-state index contributed by atoms with van der Waals surface area (Å²) in [6.07, 6.45) is 2.41. The fourth-order valence-electron chi connectivity index (χ4n) is 3.67. The number of nitro benzene ring substituents is 1. The summed E-state index contributed by atoms with van der Waals surface area (Å²) in [5, 5.41) is 16.7. The van der Waals surface area contributed by atoms with Crippen LogP contribution in [0.4, 0.5) is 5.69 Å². The van der Waals surface area contributed by atoms with E-state index < -0.39 is 16.9 Å². The van der Waals surface area contributed by atoms with Crippen LogP contribution in [-0.2, 0) is 14.3 Å². The predicted octanol–water partition coefficient (Wildman–Crippen LogP) is 3.26. The van der Waals surface area contributed by atoms with Crippen molar-refractivity contribution in [1.82, 2.24) is 10.2 Å². The standard InChI is InChI=1S/C21H22N4O5S/c1-12-18(20(27)30-2)19(14-4-3-5-15(8-14)25(28)29)24-16(11-31-21(24)23-12)9-17(26)22-10-13-6-7-13/h3-5,8,11,13,19H,6-7,9-10H2,1-2H3,(H,22,26). The van der Waals surface area contributed by atoms with Crippen molar-refractivity contribution in [3.63, 3.8) is 0 Å². The second-order valence-corrected chi connectivity index (χ2v) is 8.50. The number of ether oxygens (including phenoxy) is 1. The molecule has 1 fully saturated rings. The van der Waals surface area contributed by atoms with Gasteiger partial charge in [-0.2, -0.15) is 0 Å². The van der Waals surface area contributed by atoms with Gasteiger partial charge in [-0.3, -0.25) is 14.9 Å². The largest absolute Gasteiger partial charge is 0.466 e. The number of thioether (sulfide) groups is 1. The first-order valence-electron chi connectivity index (χ1n) is 9.92. The second kappa shape index (κ2) is 8.54. The van der Waals surface area contributed by atoms with Gasteiger partial charge in [0.25, 0.3) is 5.69 Å². The van der Waals surface area contributed by atoms with E-state index in [-0.39, 0.29) is 18.0 Å². The molecule has 10 heteroatoms. The lowest BCUT2D eigenvalue weighted by Crippen LogP contribution is -2.38. The number of nitrogens with one attached hydrogen (secondary N) is 1. The molecule has 3 aliphatic rings. The van der Waals surface area contributed by atoms with E-state index in [2.05, 4.69) is 10.3 Å². The van der Waals surface area contributed by atoms with E-state index in [1.54, 1.807) is 24.0 Å². The maximum Gasteiger partial charge on any atom is 0.338 e. The van der Waals surface area contributed by atoms with Gasteiger partial charge in [-0.15, -0.1) is 0 Å². The molecule has 4 rings (SSSR count). The van der Waals surface area contributed by atoms with Gasteiger partial charge in [-0.25, -0.2) is 9.79 Å². The predicted molar refractivity (Wildman–Crippen MR) is 116 cm³/mol. The third kappa shape index (κ3) is 4.34. The third-order valence-electron chi connectivity index (χ3n) is 5.43. The fourth-order valence-corrected chi connectivity index (χ4v) is 4.64. The molecule has 1 unspecified atom stereocenters. The molecule has 1 aliphatic carbocycles. The number of amidine groups is 1. The molecule has 1 amide bonds. The van der Waals surface area contributed by atoms with Crippen molar-refractivity contribution in [1.29, 1.82) is 0 Å². The summed E-state index contributed by atoms with van der Waals surface area (Å²) in [5.74, 6) is -0.105. The Balaban J connectivity index is 1.69. The number of methoxy groups -OCH3 is 1. The summed E-state index contributed by atoms with van der Waals surface area (Å²) in [7, 11) is 1.28. The summed E-state index contributed by atoms with van der Waals surface area (Å²) in [6.45, 7) is 2.38. The van der Waals surface area contributed by atoms with Crippen LogP contribution in [0.5, 0.6) is 0 Å². The van der Waals surface area contributed by atoms with Crippen LogP contribution in [0, 0.1) is 16.0 Å². The van der Waals surface area contributed by atoms with Crippen LogP contribution >= 0.6 is 11.8 Å². The Bertz CT molecular complexity index is 1040. The number of allylic oxidation sites excluding steroid dienone is 1. The van der Waals surface area contributed by atoms with Crippen molar-refractivity contribution < 1.29 is 19.2 Å². The van der Waals surface area contributed by atoms with Crippen molar-refractivity contribution in [3.8, 4) is 0 Å². The number of nitro groups is 1. The minimum atomic E-state index is -0.683. The van der Waals surface area contributed by atoms with Crippen molar-refractivity contribution >= 4 is 34.5 Å². The number of fused-ring (bicyclic) bond motifs is 1. The molecule has 1 aromatic carbocycles. The van der Waals surface area contributed by atoms with Crippen molar-refractivity contribution in [3.05, 3.63) is 62.3 Å². The first-order chi connectivity index (χ1) is 14.9. The van der Waals surface area contributed by atoms with Crippen LogP contribution in [0.1, 0.15) is 37.8 Å². The van der Waals surface area contributed by atoms with Gasteiger partial charge in [0.1, 0.15) is 0 Å². The molecule has 9 nitrogen and oxygen atoms in total. The third-order valence-corrected chi connectivity index (χ3v) is 6.32. The quantitative estimate of drug-likeness (QED) is 0.392. The number of carbonyl (C=O) groups is 2. The van der Waals surface area contributed by atoms with Gasteiger partial charge >= 0.3 is 5.97 Å². The average molecular weight is 442 g/mol. The van der Waals surface area contributed by atoms with Crippen molar-refractivity contribution in [2.24, 2.45) is 10.9 Å². The summed E-state index contributed by atoms with van der Waals surface area (Å²) < 4.78 is 4.99. The number of carbonyl (C=O) groups excluding carboxylic acids is 2. The molecule has 0 saturated heterocycles. The van der Waals surface area contributed by atoms with Gasteiger partial charge in [0.2, 0.25) is 5.91 Å². The number of hydrogen-bond acceptors (Lipinski definition) is 8. The molecule has 1 N–H and O–H groups in total. The van der Waals surface area contributed by atoms with Crippen LogP contribution in [0.2, 0.25) is 0 Å². The lowest BCUT2D eigenvalue weighted by atomic mass is 9.93. The van der Waals surface area contributed by atoms with Gasteiger partial charge in [0.05, 0.1) is 35.8 Å². The second-order valence-electron chi connectivity index (χ2n) is 7.66. The average Bonchev–Trinajstić information content (AvgIpc) is 3.51. The molecule has 2 aliphatic heterocycles. The lowest BCUT2D eigenvalue weighted by molar-refractivity contribution is -0.384. The Kier molecular flexibility index (Phi) is 5.81. The van der Waals surface area contributed by atoms with Gasteiger partial charge in [-0.1, -0.05) is 23.9 Å².